The van der Waals surface area contributed by atoms with Gasteiger partial charge in [0.2, 0.25) is 11.7 Å². The Balaban J connectivity index is 1.70. The maximum Gasteiger partial charge on any atom is 0.228 e. The van der Waals surface area contributed by atoms with Crippen LogP contribution in [0.4, 0.5) is 0 Å². The van der Waals surface area contributed by atoms with Crippen LogP contribution in [0.25, 0.3) is 11.5 Å². The van der Waals surface area contributed by atoms with Gasteiger partial charge < -0.3 is 10.3 Å². The first kappa shape index (κ1) is 13.2. The predicted octanol–water partition coefficient (Wildman–Crippen LogP) is 1.90. The van der Waals surface area contributed by atoms with Crippen molar-refractivity contribution in [1.29, 1.82) is 0 Å². The van der Waals surface area contributed by atoms with Crippen molar-refractivity contribution in [2.24, 2.45) is 11.7 Å². The summed E-state index contributed by atoms with van der Waals surface area (Å²) in [5.74, 6) is 2.38. The summed E-state index contributed by atoms with van der Waals surface area (Å²) >= 11 is 0. The number of aryl methyl sites for hydroxylation is 1. The maximum absolute atomic E-state index is 6.23. The zero-order valence-corrected chi connectivity index (χ0v) is 11.6. The molecule has 0 radical (unpaired) electrons. The Morgan fingerprint density at radius 3 is 2.90 bits per heavy atom. The van der Waals surface area contributed by atoms with Crippen molar-refractivity contribution in [3.8, 4) is 11.5 Å². The van der Waals surface area contributed by atoms with Gasteiger partial charge in [0.05, 0.1) is 0 Å². The van der Waals surface area contributed by atoms with Gasteiger partial charge in [0, 0.05) is 18.7 Å². The number of hydrogen-bond donors (Lipinski definition) is 1. The van der Waals surface area contributed by atoms with Crippen LogP contribution < -0.4 is 5.73 Å². The Morgan fingerprint density at radius 2 is 2.15 bits per heavy atom. The molecule has 1 aliphatic rings. The number of rotatable bonds is 4. The average Bonchev–Trinajstić information content (AvgIpc) is 3.10. The molecule has 1 aliphatic carbocycles. The second-order valence-electron chi connectivity index (χ2n) is 5.41. The Hall–Kier alpha value is -1.82. The van der Waals surface area contributed by atoms with E-state index in [0.717, 1.165) is 0 Å². The molecular weight excluding hydrogens is 254 g/mol. The molecule has 0 aliphatic heterocycles. The van der Waals surface area contributed by atoms with E-state index in [2.05, 4.69) is 20.1 Å². The van der Waals surface area contributed by atoms with Gasteiger partial charge in [0.25, 0.3) is 0 Å². The molecule has 106 valence electrons. The molecule has 0 amide bonds. The quantitative estimate of drug-likeness (QED) is 0.914. The lowest BCUT2D eigenvalue weighted by Gasteiger charge is -2.16. The van der Waals surface area contributed by atoms with Crippen LogP contribution in [0.5, 0.6) is 0 Å². The van der Waals surface area contributed by atoms with Crippen LogP contribution in [0.2, 0.25) is 0 Å². The molecule has 0 aromatic carbocycles. The van der Waals surface area contributed by atoms with E-state index in [9.17, 15) is 0 Å². The van der Waals surface area contributed by atoms with Crippen LogP contribution >= 0.6 is 0 Å². The summed E-state index contributed by atoms with van der Waals surface area (Å²) < 4.78 is 5.29. The Kier molecular flexibility index (Phi) is 3.73. The van der Waals surface area contributed by atoms with Gasteiger partial charge >= 0.3 is 0 Å². The van der Waals surface area contributed by atoms with Crippen LogP contribution in [-0.2, 0) is 6.42 Å². The lowest BCUT2D eigenvalue weighted by atomic mass is 9.96. The van der Waals surface area contributed by atoms with Crippen molar-refractivity contribution in [2.45, 2.75) is 45.1 Å². The van der Waals surface area contributed by atoms with E-state index in [0.29, 0.717) is 35.6 Å². The molecule has 1 saturated carbocycles. The van der Waals surface area contributed by atoms with Gasteiger partial charge in [-0.3, -0.25) is 0 Å². The minimum atomic E-state index is 0.109. The monoisotopic (exact) mass is 273 g/mol. The molecule has 2 aromatic heterocycles. The van der Waals surface area contributed by atoms with Crippen molar-refractivity contribution >= 4 is 0 Å². The zero-order valence-electron chi connectivity index (χ0n) is 11.6. The molecule has 6 heteroatoms. The molecule has 0 saturated heterocycles. The third kappa shape index (κ3) is 2.85. The summed E-state index contributed by atoms with van der Waals surface area (Å²) in [6.45, 7) is 1.83. The SMILES string of the molecule is Cc1nccc(-c2noc(CC(N)C3CCCC3)n2)n1. The summed E-state index contributed by atoms with van der Waals surface area (Å²) in [6.07, 6.45) is 7.33. The van der Waals surface area contributed by atoms with Crippen LogP contribution in [-0.4, -0.2) is 26.2 Å². The van der Waals surface area contributed by atoms with Gasteiger partial charge in [-0.1, -0.05) is 18.0 Å². The molecule has 0 spiro atoms. The first-order valence-electron chi connectivity index (χ1n) is 7.10. The summed E-state index contributed by atoms with van der Waals surface area (Å²) in [4.78, 5) is 12.7. The molecule has 2 N–H and O–H groups in total. The van der Waals surface area contributed by atoms with Crippen molar-refractivity contribution in [3.05, 3.63) is 24.0 Å². The lowest BCUT2D eigenvalue weighted by Crippen LogP contribution is -2.30. The highest BCUT2D eigenvalue weighted by atomic mass is 16.5. The van der Waals surface area contributed by atoms with E-state index in [4.69, 9.17) is 10.3 Å². The van der Waals surface area contributed by atoms with Crippen LogP contribution in [0.1, 0.15) is 37.4 Å². The van der Waals surface area contributed by atoms with Crippen molar-refractivity contribution < 1.29 is 4.52 Å². The van der Waals surface area contributed by atoms with Crippen LogP contribution in [0.15, 0.2) is 16.8 Å². The number of hydrogen-bond acceptors (Lipinski definition) is 6. The summed E-state index contributed by atoms with van der Waals surface area (Å²) in [6, 6.07) is 1.89. The van der Waals surface area contributed by atoms with E-state index in [-0.39, 0.29) is 6.04 Å². The van der Waals surface area contributed by atoms with Gasteiger partial charge in [0.1, 0.15) is 11.5 Å². The molecule has 0 bridgehead atoms. The Labute approximate surface area is 117 Å². The molecule has 1 unspecified atom stereocenters. The minimum Gasteiger partial charge on any atom is -0.339 e. The highest BCUT2D eigenvalue weighted by Gasteiger charge is 2.24. The van der Waals surface area contributed by atoms with Crippen molar-refractivity contribution in [2.75, 3.05) is 0 Å². The standard InChI is InChI=1S/C14H19N5O/c1-9-16-7-6-12(17-9)14-18-13(20-19-14)8-11(15)10-4-2-3-5-10/h6-7,10-11H,2-5,8,15H2,1H3. The van der Waals surface area contributed by atoms with Gasteiger partial charge in [-0.2, -0.15) is 4.98 Å². The Bertz CT molecular complexity index is 576. The number of nitrogens with zero attached hydrogens (tertiary/aromatic N) is 4. The highest BCUT2D eigenvalue weighted by molar-refractivity contribution is 5.46. The first-order chi connectivity index (χ1) is 9.72. The molecule has 3 rings (SSSR count). The zero-order chi connectivity index (χ0) is 13.9. The smallest absolute Gasteiger partial charge is 0.228 e. The third-order valence-electron chi connectivity index (χ3n) is 3.89. The largest absolute Gasteiger partial charge is 0.339 e. The fourth-order valence-corrected chi connectivity index (χ4v) is 2.78. The topological polar surface area (TPSA) is 90.7 Å². The molecular formula is C14H19N5O. The van der Waals surface area contributed by atoms with Gasteiger partial charge in [-0.15, -0.1) is 0 Å². The fourth-order valence-electron chi connectivity index (χ4n) is 2.78. The summed E-state index contributed by atoms with van der Waals surface area (Å²) in [5.41, 5.74) is 6.91. The third-order valence-corrected chi connectivity index (χ3v) is 3.89. The average molecular weight is 273 g/mol. The minimum absolute atomic E-state index is 0.109. The highest BCUT2D eigenvalue weighted by Crippen LogP contribution is 2.28. The normalized spacial score (nSPS) is 17.5. The summed E-state index contributed by atoms with van der Waals surface area (Å²) in [7, 11) is 0. The second-order valence-corrected chi connectivity index (χ2v) is 5.41. The lowest BCUT2D eigenvalue weighted by molar-refractivity contribution is 0.341. The molecule has 6 nitrogen and oxygen atoms in total. The van der Waals surface area contributed by atoms with E-state index in [1.807, 2.05) is 6.92 Å². The molecule has 2 aromatic rings. The van der Waals surface area contributed by atoms with E-state index in [1.165, 1.54) is 25.7 Å². The number of aromatic nitrogens is 4. The summed E-state index contributed by atoms with van der Waals surface area (Å²) in [5, 5.41) is 3.98. The predicted molar refractivity (Wildman–Crippen MR) is 73.7 cm³/mol. The van der Waals surface area contributed by atoms with Crippen molar-refractivity contribution in [3.63, 3.8) is 0 Å². The maximum atomic E-state index is 6.23. The number of nitrogens with two attached hydrogens (primary N) is 1. The fraction of sp³-hybridized carbons (Fsp3) is 0.571. The second kappa shape index (κ2) is 5.66. The van der Waals surface area contributed by atoms with Crippen LogP contribution in [0.3, 0.4) is 0 Å². The van der Waals surface area contributed by atoms with E-state index >= 15 is 0 Å². The van der Waals surface area contributed by atoms with Crippen LogP contribution in [0, 0.1) is 12.8 Å². The molecule has 1 fully saturated rings. The van der Waals surface area contributed by atoms with Crippen molar-refractivity contribution in [1.82, 2.24) is 20.1 Å². The van der Waals surface area contributed by atoms with Gasteiger partial charge in [-0.25, -0.2) is 9.97 Å². The molecule has 1 atom stereocenters. The first-order valence-corrected chi connectivity index (χ1v) is 7.10. The Morgan fingerprint density at radius 1 is 1.35 bits per heavy atom. The molecule has 2 heterocycles. The van der Waals surface area contributed by atoms with E-state index in [1.54, 1.807) is 12.3 Å². The van der Waals surface area contributed by atoms with E-state index < -0.39 is 0 Å². The van der Waals surface area contributed by atoms with Gasteiger partial charge in [-0.05, 0) is 31.7 Å². The molecule has 20 heavy (non-hydrogen) atoms. The van der Waals surface area contributed by atoms with Gasteiger partial charge in [0.15, 0.2) is 0 Å².